The minimum Gasteiger partial charge on any atom is -0.443 e. The Hall–Kier alpha value is -1.10. The lowest BCUT2D eigenvalue weighted by Gasteiger charge is -2.10. The summed E-state index contributed by atoms with van der Waals surface area (Å²) in [6.07, 6.45) is 1.25. The lowest BCUT2D eigenvalue weighted by atomic mass is 10.4. The van der Waals surface area contributed by atoms with E-state index < -0.39 is 0 Å². The number of carbonyl (C=O) groups is 1. The molecular formula is C9H9BrN2O2. The highest BCUT2D eigenvalue weighted by Crippen LogP contribution is 2.19. The van der Waals surface area contributed by atoms with E-state index in [1.165, 1.54) is 4.90 Å². The van der Waals surface area contributed by atoms with E-state index >= 15 is 0 Å². The Morgan fingerprint density at radius 1 is 1.64 bits per heavy atom. The average molecular weight is 257 g/mol. The van der Waals surface area contributed by atoms with Crippen molar-refractivity contribution in [2.24, 2.45) is 0 Å². The highest BCUT2D eigenvalue weighted by atomic mass is 79.9. The smallest absolute Gasteiger partial charge is 0.415 e. The number of aromatic nitrogens is 1. The standard InChI is InChI=1S/C9H9BrN2O2/c10-5-7-6-12(9(13)14-7)8-3-1-2-4-11-8/h1-4,7H,5-6H2. The van der Waals surface area contributed by atoms with Crippen LogP contribution < -0.4 is 4.90 Å². The average Bonchev–Trinajstić information content (AvgIpc) is 2.61. The molecule has 1 aliphatic heterocycles. The molecule has 1 amide bonds. The lowest BCUT2D eigenvalue weighted by molar-refractivity contribution is 0.152. The van der Waals surface area contributed by atoms with Crippen molar-refractivity contribution in [1.82, 2.24) is 4.98 Å². The highest BCUT2D eigenvalue weighted by molar-refractivity contribution is 9.09. The SMILES string of the molecule is O=C1OC(CBr)CN1c1ccccn1. The Kier molecular flexibility index (Phi) is 2.67. The summed E-state index contributed by atoms with van der Waals surface area (Å²) < 4.78 is 5.08. The third-order valence-corrected chi connectivity index (χ3v) is 2.69. The maximum Gasteiger partial charge on any atom is 0.415 e. The molecule has 0 aromatic carbocycles. The topological polar surface area (TPSA) is 42.4 Å². The van der Waals surface area contributed by atoms with E-state index in [1.54, 1.807) is 12.3 Å². The predicted molar refractivity (Wildman–Crippen MR) is 55.6 cm³/mol. The molecule has 1 aromatic heterocycles. The predicted octanol–water partition coefficient (Wildman–Crippen LogP) is 1.80. The summed E-state index contributed by atoms with van der Waals surface area (Å²) >= 11 is 3.28. The van der Waals surface area contributed by atoms with Crippen LogP contribution in [0, 0.1) is 0 Å². The minimum atomic E-state index is -0.326. The Balaban J connectivity index is 2.17. The van der Waals surface area contributed by atoms with Gasteiger partial charge < -0.3 is 4.74 Å². The van der Waals surface area contributed by atoms with Gasteiger partial charge in [-0.1, -0.05) is 22.0 Å². The molecule has 0 spiro atoms. The van der Waals surface area contributed by atoms with Crippen molar-refractivity contribution < 1.29 is 9.53 Å². The molecule has 0 aliphatic carbocycles. The van der Waals surface area contributed by atoms with E-state index in [9.17, 15) is 4.79 Å². The zero-order chi connectivity index (χ0) is 9.97. The largest absolute Gasteiger partial charge is 0.443 e. The normalized spacial score (nSPS) is 21.1. The van der Waals surface area contributed by atoms with Gasteiger partial charge in [0.2, 0.25) is 0 Å². The van der Waals surface area contributed by atoms with Gasteiger partial charge in [-0.3, -0.25) is 4.90 Å². The number of pyridine rings is 1. The van der Waals surface area contributed by atoms with Gasteiger partial charge in [-0.15, -0.1) is 0 Å². The minimum absolute atomic E-state index is 0.0792. The van der Waals surface area contributed by atoms with E-state index in [0.717, 1.165) is 0 Å². The number of rotatable bonds is 2. The number of amides is 1. The van der Waals surface area contributed by atoms with Crippen molar-refractivity contribution in [1.29, 1.82) is 0 Å². The molecule has 5 heteroatoms. The first kappa shape index (κ1) is 9.45. The second-order valence-corrected chi connectivity index (χ2v) is 3.61. The first-order chi connectivity index (χ1) is 6.81. The van der Waals surface area contributed by atoms with Gasteiger partial charge in [-0.25, -0.2) is 9.78 Å². The molecule has 1 aromatic rings. The molecule has 1 unspecified atom stereocenters. The molecule has 14 heavy (non-hydrogen) atoms. The fourth-order valence-electron chi connectivity index (χ4n) is 1.30. The summed E-state index contributed by atoms with van der Waals surface area (Å²) in [5.74, 6) is 0.640. The van der Waals surface area contributed by atoms with Gasteiger partial charge in [0.05, 0.1) is 6.54 Å². The van der Waals surface area contributed by atoms with Gasteiger partial charge >= 0.3 is 6.09 Å². The van der Waals surface area contributed by atoms with E-state index in [2.05, 4.69) is 20.9 Å². The molecule has 0 bridgehead atoms. The first-order valence-electron chi connectivity index (χ1n) is 4.26. The number of alkyl halides is 1. The Labute approximate surface area is 90.0 Å². The summed E-state index contributed by atoms with van der Waals surface area (Å²) in [5, 5.41) is 0.655. The van der Waals surface area contributed by atoms with Crippen LogP contribution in [0.1, 0.15) is 0 Å². The molecule has 2 heterocycles. The van der Waals surface area contributed by atoms with Crippen LogP contribution in [0.4, 0.5) is 10.6 Å². The third-order valence-electron chi connectivity index (χ3n) is 1.97. The number of ether oxygens (including phenoxy) is 1. The Morgan fingerprint density at radius 2 is 2.50 bits per heavy atom. The van der Waals surface area contributed by atoms with E-state index in [-0.39, 0.29) is 12.2 Å². The molecule has 0 saturated carbocycles. The number of cyclic esters (lactones) is 1. The van der Waals surface area contributed by atoms with Gasteiger partial charge in [0.1, 0.15) is 11.9 Å². The van der Waals surface area contributed by atoms with Crippen LogP contribution in [0.15, 0.2) is 24.4 Å². The van der Waals surface area contributed by atoms with Crippen LogP contribution in [0.3, 0.4) is 0 Å². The van der Waals surface area contributed by atoms with Crippen molar-refractivity contribution in [3.8, 4) is 0 Å². The van der Waals surface area contributed by atoms with Crippen LogP contribution in [0.2, 0.25) is 0 Å². The monoisotopic (exact) mass is 256 g/mol. The van der Waals surface area contributed by atoms with Crippen molar-refractivity contribution >= 4 is 27.8 Å². The van der Waals surface area contributed by atoms with E-state index in [1.807, 2.05) is 12.1 Å². The van der Waals surface area contributed by atoms with Gasteiger partial charge in [0.15, 0.2) is 0 Å². The molecule has 4 nitrogen and oxygen atoms in total. The maximum absolute atomic E-state index is 11.4. The molecule has 1 fully saturated rings. The molecule has 74 valence electrons. The van der Waals surface area contributed by atoms with Crippen LogP contribution in [-0.2, 0) is 4.74 Å². The fourth-order valence-corrected chi connectivity index (χ4v) is 1.64. The zero-order valence-electron chi connectivity index (χ0n) is 7.39. The molecule has 0 radical (unpaired) electrons. The number of nitrogens with zero attached hydrogens (tertiary/aromatic N) is 2. The second kappa shape index (κ2) is 3.96. The summed E-state index contributed by atoms with van der Waals surface area (Å²) in [6.45, 7) is 0.557. The summed E-state index contributed by atoms with van der Waals surface area (Å²) in [6, 6.07) is 5.45. The highest BCUT2D eigenvalue weighted by Gasteiger charge is 2.31. The van der Waals surface area contributed by atoms with Crippen LogP contribution in [0.5, 0.6) is 0 Å². The van der Waals surface area contributed by atoms with Gasteiger partial charge in [-0.2, -0.15) is 0 Å². The summed E-state index contributed by atoms with van der Waals surface area (Å²) in [5.41, 5.74) is 0. The Morgan fingerprint density at radius 3 is 3.07 bits per heavy atom. The lowest BCUT2D eigenvalue weighted by Crippen LogP contribution is -2.25. The molecule has 1 aliphatic rings. The van der Waals surface area contributed by atoms with E-state index in [4.69, 9.17) is 4.74 Å². The summed E-state index contributed by atoms with van der Waals surface area (Å²) in [4.78, 5) is 17.0. The number of anilines is 1. The quantitative estimate of drug-likeness (QED) is 0.758. The van der Waals surface area contributed by atoms with Gasteiger partial charge in [0.25, 0.3) is 0 Å². The first-order valence-corrected chi connectivity index (χ1v) is 5.38. The number of carbonyl (C=O) groups excluding carboxylic acids is 1. The van der Waals surface area contributed by atoms with Gasteiger partial charge in [0, 0.05) is 11.5 Å². The van der Waals surface area contributed by atoms with E-state index in [0.29, 0.717) is 17.7 Å². The van der Waals surface area contributed by atoms with Crippen LogP contribution in [0.25, 0.3) is 0 Å². The second-order valence-electron chi connectivity index (χ2n) is 2.96. The van der Waals surface area contributed by atoms with Gasteiger partial charge in [-0.05, 0) is 12.1 Å². The zero-order valence-corrected chi connectivity index (χ0v) is 8.98. The van der Waals surface area contributed by atoms with Crippen molar-refractivity contribution in [3.05, 3.63) is 24.4 Å². The molecule has 1 atom stereocenters. The third kappa shape index (κ3) is 1.72. The fraction of sp³-hybridized carbons (Fsp3) is 0.333. The maximum atomic E-state index is 11.4. The van der Waals surface area contributed by atoms with Crippen molar-refractivity contribution in [2.75, 3.05) is 16.8 Å². The van der Waals surface area contributed by atoms with Crippen molar-refractivity contribution in [3.63, 3.8) is 0 Å². The Bertz CT molecular complexity index is 331. The molecule has 0 N–H and O–H groups in total. The van der Waals surface area contributed by atoms with Crippen molar-refractivity contribution in [2.45, 2.75) is 6.10 Å². The number of hydrogen-bond donors (Lipinski definition) is 0. The summed E-state index contributed by atoms with van der Waals surface area (Å²) in [7, 11) is 0. The van der Waals surface area contributed by atoms with Crippen LogP contribution in [-0.4, -0.2) is 29.1 Å². The number of hydrogen-bond acceptors (Lipinski definition) is 3. The molecule has 1 saturated heterocycles. The van der Waals surface area contributed by atoms with Crippen LogP contribution >= 0.6 is 15.9 Å². The molecule has 2 rings (SSSR count). The number of halogens is 1. The molecular weight excluding hydrogens is 248 g/mol.